The van der Waals surface area contributed by atoms with Crippen molar-refractivity contribution in [2.24, 2.45) is 7.05 Å². The van der Waals surface area contributed by atoms with E-state index >= 15 is 0 Å². The number of aryl methyl sites for hydroxylation is 1. The maximum absolute atomic E-state index is 11.6. The Balaban J connectivity index is 2.81. The van der Waals surface area contributed by atoms with Gasteiger partial charge in [0.05, 0.1) is 6.54 Å². The molecule has 1 aromatic rings. The summed E-state index contributed by atoms with van der Waals surface area (Å²) in [5.41, 5.74) is 0. The summed E-state index contributed by atoms with van der Waals surface area (Å²) in [4.78, 5) is 16.9. The van der Waals surface area contributed by atoms with Crippen LogP contribution >= 0.6 is 0 Å². The lowest BCUT2D eigenvalue weighted by molar-refractivity contribution is 0.0797. The first-order valence-electron chi connectivity index (χ1n) is 3.83. The average molecular weight is 177 g/mol. The lowest BCUT2D eigenvalue weighted by Gasteiger charge is -2.12. The van der Waals surface area contributed by atoms with Crippen molar-refractivity contribution in [2.75, 3.05) is 13.6 Å². The molecule has 1 aromatic heterocycles. The van der Waals surface area contributed by atoms with Crippen LogP contribution in [0.5, 0.6) is 0 Å². The highest BCUT2D eigenvalue weighted by Crippen LogP contribution is 1.98. The Morgan fingerprint density at radius 3 is 3.00 bits per heavy atom. The molecule has 4 heteroatoms. The summed E-state index contributed by atoms with van der Waals surface area (Å²) in [6.07, 6.45) is 8.39. The fourth-order valence-corrected chi connectivity index (χ4v) is 0.951. The number of aromatic nitrogens is 2. The number of hydrogen-bond donors (Lipinski definition) is 0. The Kier molecular flexibility index (Phi) is 2.70. The Morgan fingerprint density at radius 1 is 1.85 bits per heavy atom. The van der Waals surface area contributed by atoms with Crippen LogP contribution in [0.1, 0.15) is 10.6 Å². The van der Waals surface area contributed by atoms with E-state index in [1.165, 1.54) is 4.90 Å². The molecule has 0 aliphatic heterocycles. The highest BCUT2D eigenvalue weighted by atomic mass is 16.2. The Labute approximate surface area is 77.2 Å². The zero-order valence-corrected chi connectivity index (χ0v) is 7.69. The van der Waals surface area contributed by atoms with E-state index in [2.05, 4.69) is 10.9 Å². The third-order valence-electron chi connectivity index (χ3n) is 1.69. The van der Waals surface area contributed by atoms with Crippen molar-refractivity contribution in [3.8, 4) is 12.3 Å². The van der Waals surface area contributed by atoms with Crippen LogP contribution < -0.4 is 0 Å². The second-order valence-electron chi connectivity index (χ2n) is 2.73. The van der Waals surface area contributed by atoms with Crippen LogP contribution in [0.4, 0.5) is 0 Å². The van der Waals surface area contributed by atoms with Crippen LogP contribution in [-0.2, 0) is 7.05 Å². The fraction of sp³-hybridized carbons (Fsp3) is 0.333. The molecule has 68 valence electrons. The van der Waals surface area contributed by atoms with Crippen LogP contribution in [0.15, 0.2) is 12.4 Å². The van der Waals surface area contributed by atoms with Gasteiger partial charge in [0.1, 0.15) is 0 Å². The van der Waals surface area contributed by atoms with Crippen molar-refractivity contribution in [1.29, 1.82) is 0 Å². The standard InChI is InChI=1S/C9H11N3O/c1-4-6-12(3)9(13)8-10-5-7-11(8)2/h1,5,7H,6H2,2-3H3. The first-order valence-corrected chi connectivity index (χ1v) is 3.83. The number of nitrogens with zero attached hydrogens (tertiary/aromatic N) is 3. The molecule has 0 aromatic carbocycles. The average Bonchev–Trinajstić information content (AvgIpc) is 2.50. The van der Waals surface area contributed by atoms with Gasteiger partial charge in [0.15, 0.2) is 5.82 Å². The molecule has 0 saturated heterocycles. The monoisotopic (exact) mass is 177 g/mol. The van der Waals surface area contributed by atoms with Gasteiger partial charge in [-0.25, -0.2) is 4.98 Å². The lowest BCUT2D eigenvalue weighted by Crippen LogP contribution is -2.29. The van der Waals surface area contributed by atoms with Gasteiger partial charge in [-0.3, -0.25) is 4.79 Å². The van der Waals surface area contributed by atoms with Crippen molar-refractivity contribution in [2.45, 2.75) is 0 Å². The van der Waals surface area contributed by atoms with E-state index in [4.69, 9.17) is 6.42 Å². The van der Waals surface area contributed by atoms with Gasteiger partial charge in [0.2, 0.25) is 0 Å². The van der Waals surface area contributed by atoms with Gasteiger partial charge in [0.25, 0.3) is 5.91 Å². The summed E-state index contributed by atoms with van der Waals surface area (Å²) in [6, 6.07) is 0. The first kappa shape index (κ1) is 9.33. The molecule has 0 bridgehead atoms. The van der Waals surface area contributed by atoms with Gasteiger partial charge in [-0.05, 0) is 0 Å². The second-order valence-corrected chi connectivity index (χ2v) is 2.73. The first-order chi connectivity index (χ1) is 6.16. The Bertz CT molecular complexity index is 348. The van der Waals surface area contributed by atoms with E-state index in [-0.39, 0.29) is 5.91 Å². The maximum Gasteiger partial charge on any atom is 0.290 e. The molecule has 1 amide bonds. The van der Waals surface area contributed by atoms with Crippen LogP contribution in [0.3, 0.4) is 0 Å². The van der Waals surface area contributed by atoms with Crippen molar-refractivity contribution in [3.05, 3.63) is 18.2 Å². The van der Waals surface area contributed by atoms with Gasteiger partial charge < -0.3 is 9.47 Å². The summed E-state index contributed by atoms with van der Waals surface area (Å²) >= 11 is 0. The molecular formula is C9H11N3O. The van der Waals surface area contributed by atoms with Crippen molar-refractivity contribution in [3.63, 3.8) is 0 Å². The molecule has 0 aliphatic rings. The molecule has 1 heterocycles. The van der Waals surface area contributed by atoms with E-state index in [1.807, 2.05) is 0 Å². The number of rotatable bonds is 2. The zero-order chi connectivity index (χ0) is 9.84. The summed E-state index contributed by atoms with van der Waals surface area (Å²) < 4.78 is 1.66. The summed E-state index contributed by atoms with van der Waals surface area (Å²) in [6.45, 7) is 0.297. The van der Waals surface area contributed by atoms with Crippen LogP contribution in [0.2, 0.25) is 0 Å². The topological polar surface area (TPSA) is 38.1 Å². The molecule has 0 aliphatic carbocycles. The number of terminal acetylenes is 1. The Morgan fingerprint density at radius 2 is 2.54 bits per heavy atom. The normalized spacial score (nSPS) is 9.31. The minimum Gasteiger partial charge on any atom is -0.330 e. The molecule has 0 atom stereocenters. The largest absolute Gasteiger partial charge is 0.330 e. The molecule has 1 rings (SSSR count). The SMILES string of the molecule is C#CCN(C)C(=O)c1nccn1C. The number of carbonyl (C=O) groups is 1. The van der Waals surface area contributed by atoms with Crippen LogP contribution in [0.25, 0.3) is 0 Å². The van der Waals surface area contributed by atoms with Gasteiger partial charge in [0, 0.05) is 26.5 Å². The van der Waals surface area contributed by atoms with Crippen LogP contribution in [0, 0.1) is 12.3 Å². The van der Waals surface area contributed by atoms with Crippen LogP contribution in [-0.4, -0.2) is 34.0 Å². The summed E-state index contributed by atoms with van der Waals surface area (Å²) in [7, 11) is 3.42. The fourth-order valence-electron chi connectivity index (χ4n) is 0.951. The molecule has 0 unspecified atom stereocenters. The van der Waals surface area contributed by atoms with Gasteiger partial charge in [-0.2, -0.15) is 0 Å². The van der Waals surface area contributed by atoms with E-state index in [9.17, 15) is 4.79 Å². The highest BCUT2D eigenvalue weighted by molar-refractivity contribution is 5.90. The molecule has 13 heavy (non-hydrogen) atoms. The van der Waals surface area contributed by atoms with Crippen molar-refractivity contribution < 1.29 is 4.79 Å². The molecule has 0 N–H and O–H groups in total. The smallest absolute Gasteiger partial charge is 0.290 e. The lowest BCUT2D eigenvalue weighted by atomic mass is 10.4. The predicted molar refractivity (Wildman–Crippen MR) is 49.0 cm³/mol. The minimum absolute atomic E-state index is 0.162. The van der Waals surface area contributed by atoms with E-state index < -0.39 is 0 Å². The third-order valence-corrected chi connectivity index (χ3v) is 1.69. The van der Waals surface area contributed by atoms with Gasteiger partial charge in [-0.1, -0.05) is 5.92 Å². The molecule has 0 spiro atoms. The van der Waals surface area contributed by atoms with Gasteiger partial charge in [-0.15, -0.1) is 6.42 Å². The van der Waals surface area contributed by atoms with E-state index in [0.717, 1.165) is 0 Å². The highest BCUT2D eigenvalue weighted by Gasteiger charge is 2.14. The molecule has 0 radical (unpaired) electrons. The van der Waals surface area contributed by atoms with E-state index in [0.29, 0.717) is 12.4 Å². The minimum atomic E-state index is -0.162. The van der Waals surface area contributed by atoms with Gasteiger partial charge >= 0.3 is 0 Å². The number of imidazole rings is 1. The number of hydrogen-bond acceptors (Lipinski definition) is 2. The molecule has 0 saturated carbocycles. The van der Waals surface area contributed by atoms with Crippen molar-refractivity contribution in [1.82, 2.24) is 14.5 Å². The predicted octanol–water partition coefficient (Wildman–Crippen LogP) is 0.125. The Hall–Kier alpha value is -1.76. The third kappa shape index (κ3) is 1.88. The zero-order valence-electron chi connectivity index (χ0n) is 7.69. The van der Waals surface area contributed by atoms with E-state index in [1.54, 1.807) is 31.1 Å². The summed E-state index contributed by atoms with van der Waals surface area (Å²) in [5.74, 6) is 2.64. The molecular weight excluding hydrogens is 166 g/mol. The van der Waals surface area contributed by atoms with Crippen molar-refractivity contribution >= 4 is 5.91 Å². The summed E-state index contributed by atoms with van der Waals surface area (Å²) in [5, 5.41) is 0. The quantitative estimate of drug-likeness (QED) is 0.602. The second kappa shape index (κ2) is 3.76. The molecule has 4 nitrogen and oxygen atoms in total. The number of carbonyl (C=O) groups excluding carboxylic acids is 1. The maximum atomic E-state index is 11.6. The molecule has 0 fully saturated rings. The number of amides is 1.